The second-order valence-corrected chi connectivity index (χ2v) is 3.51. The molecule has 78 valence electrons. The normalized spacial score (nSPS) is 10.5. The van der Waals surface area contributed by atoms with Crippen LogP contribution in [0.4, 0.5) is 0 Å². The molecule has 1 N–H and O–H groups in total. The van der Waals surface area contributed by atoms with Crippen LogP contribution in [0.25, 0.3) is 11.1 Å². The summed E-state index contributed by atoms with van der Waals surface area (Å²) in [6.07, 6.45) is 2.72. The molecule has 0 aliphatic rings. The Balaban J connectivity index is 2.43. The molecule has 0 amide bonds. The Hall–Kier alpha value is -1.77. The molecule has 0 spiro atoms. The Morgan fingerprint density at radius 1 is 1.27 bits per heavy atom. The van der Waals surface area contributed by atoms with Gasteiger partial charge < -0.3 is 5.10 Å². The van der Waals surface area contributed by atoms with E-state index in [4.69, 9.17) is 0 Å². The van der Waals surface area contributed by atoms with Crippen LogP contribution in [-0.2, 0) is 6.54 Å². The number of hydrogen-bond donors (Lipinski definition) is 1. The summed E-state index contributed by atoms with van der Waals surface area (Å²) < 4.78 is 1.64. The first-order valence-electron chi connectivity index (χ1n) is 5.16. The quantitative estimate of drug-likeness (QED) is 0.814. The van der Waals surface area contributed by atoms with Crippen molar-refractivity contribution in [3.8, 4) is 11.1 Å². The number of aryl methyl sites for hydroxylation is 1. The van der Waals surface area contributed by atoms with E-state index in [2.05, 4.69) is 12.0 Å². The van der Waals surface area contributed by atoms with Crippen molar-refractivity contribution >= 4 is 0 Å². The molecule has 15 heavy (non-hydrogen) atoms. The fourth-order valence-corrected chi connectivity index (χ4v) is 1.62. The molecule has 1 aromatic heterocycles. The molecule has 1 aromatic carbocycles. The summed E-state index contributed by atoms with van der Waals surface area (Å²) in [6.45, 7) is 2.79. The number of aromatic nitrogens is 2. The van der Waals surface area contributed by atoms with Gasteiger partial charge in [0.1, 0.15) is 0 Å². The zero-order valence-corrected chi connectivity index (χ0v) is 8.73. The van der Waals surface area contributed by atoms with Crippen molar-refractivity contribution in [1.82, 2.24) is 9.78 Å². The minimum absolute atomic E-state index is 0.0584. The lowest BCUT2D eigenvalue weighted by molar-refractivity contribution is 0.585. The summed E-state index contributed by atoms with van der Waals surface area (Å²) in [4.78, 5) is 11.9. The van der Waals surface area contributed by atoms with Crippen molar-refractivity contribution in [2.45, 2.75) is 19.9 Å². The van der Waals surface area contributed by atoms with E-state index in [9.17, 15) is 4.79 Å². The molecule has 1 heterocycles. The van der Waals surface area contributed by atoms with Gasteiger partial charge in [0.15, 0.2) is 0 Å². The third-order valence-corrected chi connectivity index (χ3v) is 2.37. The molecular formula is C12H14N2O. The highest BCUT2D eigenvalue weighted by atomic mass is 16.1. The maximum atomic E-state index is 11.9. The van der Waals surface area contributed by atoms with Crippen LogP contribution in [0.2, 0.25) is 0 Å². The van der Waals surface area contributed by atoms with E-state index in [1.165, 1.54) is 0 Å². The summed E-state index contributed by atoms with van der Waals surface area (Å²) in [6, 6.07) is 9.71. The first kappa shape index (κ1) is 9.77. The largest absolute Gasteiger partial charge is 0.302 e. The molecule has 0 saturated carbocycles. The highest BCUT2D eigenvalue weighted by Gasteiger charge is 2.06. The van der Waals surface area contributed by atoms with Crippen LogP contribution in [0.5, 0.6) is 0 Å². The van der Waals surface area contributed by atoms with Crippen molar-refractivity contribution in [3.05, 3.63) is 46.9 Å². The maximum absolute atomic E-state index is 11.9. The van der Waals surface area contributed by atoms with Crippen LogP contribution in [0, 0.1) is 0 Å². The zero-order valence-electron chi connectivity index (χ0n) is 8.73. The van der Waals surface area contributed by atoms with Crippen molar-refractivity contribution in [3.63, 3.8) is 0 Å². The lowest BCUT2D eigenvalue weighted by Crippen LogP contribution is -2.17. The van der Waals surface area contributed by atoms with Gasteiger partial charge in [-0.15, -0.1) is 0 Å². The molecule has 2 aromatic rings. The molecule has 0 bridgehead atoms. The first-order valence-corrected chi connectivity index (χ1v) is 5.16. The number of benzene rings is 1. The second-order valence-electron chi connectivity index (χ2n) is 3.51. The Bertz CT molecular complexity index is 482. The van der Waals surface area contributed by atoms with Crippen molar-refractivity contribution in [2.75, 3.05) is 0 Å². The fraction of sp³-hybridized carbons (Fsp3) is 0.250. The average molecular weight is 202 g/mol. The molecule has 0 aliphatic carbocycles. The third kappa shape index (κ3) is 1.86. The summed E-state index contributed by atoms with van der Waals surface area (Å²) in [5.74, 6) is 0. The highest BCUT2D eigenvalue weighted by Crippen LogP contribution is 2.13. The average Bonchev–Trinajstić information content (AvgIpc) is 2.63. The number of nitrogens with zero attached hydrogens (tertiary/aromatic N) is 1. The van der Waals surface area contributed by atoms with Crippen LogP contribution in [0.1, 0.15) is 13.3 Å². The van der Waals surface area contributed by atoms with Gasteiger partial charge in [0.25, 0.3) is 5.56 Å². The maximum Gasteiger partial charge on any atom is 0.274 e. The van der Waals surface area contributed by atoms with Gasteiger partial charge in [0, 0.05) is 12.7 Å². The van der Waals surface area contributed by atoms with E-state index < -0.39 is 0 Å². The van der Waals surface area contributed by atoms with E-state index in [0.717, 1.165) is 24.1 Å². The predicted molar refractivity (Wildman–Crippen MR) is 60.8 cm³/mol. The molecule has 3 nitrogen and oxygen atoms in total. The Kier molecular flexibility index (Phi) is 2.72. The van der Waals surface area contributed by atoms with Gasteiger partial charge in [-0.3, -0.25) is 9.48 Å². The van der Waals surface area contributed by atoms with Gasteiger partial charge >= 0.3 is 0 Å². The van der Waals surface area contributed by atoms with Crippen molar-refractivity contribution < 1.29 is 0 Å². The SMILES string of the molecule is CCCn1[nH]cc(-c2ccccc2)c1=O. The van der Waals surface area contributed by atoms with E-state index in [1.54, 1.807) is 10.9 Å². The Labute approximate surface area is 88.4 Å². The van der Waals surface area contributed by atoms with E-state index in [-0.39, 0.29) is 5.56 Å². The molecule has 0 saturated heterocycles. The van der Waals surface area contributed by atoms with Gasteiger partial charge in [-0.1, -0.05) is 37.3 Å². The fourth-order valence-electron chi connectivity index (χ4n) is 1.62. The minimum atomic E-state index is 0.0584. The predicted octanol–water partition coefficient (Wildman–Crippen LogP) is 2.25. The lowest BCUT2D eigenvalue weighted by Gasteiger charge is -1.96. The molecule has 0 atom stereocenters. The highest BCUT2D eigenvalue weighted by molar-refractivity contribution is 5.61. The van der Waals surface area contributed by atoms with Crippen molar-refractivity contribution in [2.24, 2.45) is 0 Å². The summed E-state index contributed by atoms with van der Waals surface area (Å²) in [5.41, 5.74) is 1.76. The third-order valence-electron chi connectivity index (χ3n) is 2.37. The van der Waals surface area contributed by atoms with E-state index >= 15 is 0 Å². The Morgan fingerprint density at radius 2 is 2.00 bits per heavy atom. The van der Waals surface area contributed by atoms with Gasteiger partial charge in [-0.2, -0.15) is 0 Å². The number of nitrogens with one attached hydrogen (secondary N) is 1. The molecule has 0 aliphatic heterocycles. The monoisotopic (exact) mass is 202 g/mol. The van der Waals surface area contributed by atoms with Gasteiger partial charge in [0.05, 0.1) is 5.56 Å². The smallest absolute Gasteiger partial charge is 0.274 e. The topological polar surface area (TPSA) is 37.8 Å². The lowest BCUT2D eigenvalue weighted by atomic mass is 10.1. The number of rotatable bonds is 3. The number of aromatic amines is 1. The standard InChI is InChI=1S/C12H14N2O/c1-2-8-14-12(15)11(9-13-14)10-6-4-3-5-7-10/h3-7,9,13H,2,8H2,1H3. The minimum Gasteiger partial charge on any atom is -0.302 e. The number of hydrogen-bond acceptors (Lipinski definition) is 1. The van der Waals surface area contributed by atoms with Crippen LogP contribution in [0.3, 0.4) is 0 Å². The first-order chi connectivity index (χ1) is 7.33. The molecule has 0 unspecified atom stereocenters. The second kappa shape index (κ2) is 4.17. The van der Waals surface area contributed by atoms with Gasteiger partial charge in [0.2, 0.25) is 0 Å². The van der Waals surface area contributed by atoms with Gasteiger partial charge in [-0.05, 0) is 12.0 Å². The van der Waals surface area contributed by atoms with E-state index in [0.29, 0.717) is 0 Å². The molecule has 0 fully saturated rings. The molecule has 3 heteroatoms. The van der Waals surface area contributed by atoms with Crippen LogP contribution in [0.15, 0.2) is 41.3 Å². The Morgan fingerprint density at radius 3 is 2.67 bits per heavy atom. The summed E-state index contributed by atoms with van der Waals surface area (Å²) in [5, 5.41) is 2.98. The summed E-state index contributed by atoms with van der Waals surface area (Å²) in [7, 11) is 0. The van der Waals surface area contributed by atoms with Crippen molar-refractivity contribution in [1.29, 1.82) is 0 Å². The molecule has 0 radical (unpaired) electrons. The van der Waals surface area contributed by atoms with E-state index in [1.807, 2.05) is 30.3 Å². The summed E-state index contributed by atoms with van der Waals surface area (Å²) >= 11 is 0. The zero-order chi connectivity index (χ0) is 10.7. The molecular weight excluding hydrogens is 188 g/mol. The number of H-pyrrole nitrogens is 1. The van der Waals surface area contributed by atoms with Crippen LogP contribution in [-0.4, -0.2) is 9.78 Å². The van der Waals surface area contributed by atoms with Crippen LogP contribution >= 0.6 is 0 Å². The molecule has 2 rings (SSSR count). The van der Waals surface area contributed by atoms with Crippen LogP contribution < -0.4 is 5.56 Å². The van der Waals surface area contributed by atoms with Gasteiger partial charge in [-0.25, -0.2) is 0 Å².